The van der Waals surface area contributed by atoms with Crippen LogP contribution in [-0.4, -0.2) is 8.90 Å². The van der Waals surface area contributed by atoms with Crippen LogP contribution in [0.25, 0.3) is 0 Å². The van der Waals surface area contributed by atoms with Gasteiger partial charge in [0.15, 0.2) is 12.4 Å². The average molecular weight is 242 g/mol. The lowest BCUT2D eigenvalue weighted by Gasteiger charge is -2.17. The zero-order valence-corrected chi connectivity index (χ0v) is 8.59. The molecule has 0 aliphatic rings. The minimum absolute atomic E-state index is 0.262. The Morgan fingerprint density at radius 1 is 1.46 bits per heavy atom. The smallest absolute Gasteiger partial charge is 0.220 e. The Morgan fingerprint density at radius 2 is 2.08 bits per heavy atom. The predicted octanol–water partition coefficient (Wildman–Crippen LogP) is 1.72. The van der Waals surface area contributed by atoms with Crippen molar-refractivity contribution in [2.75, 3.05) is 0 Å². The van der Waals surface area contributed by atoms with Crippen LogP contribution < -0.4 is 4.73 Å². The van der Waals surface area contributed by atoms with E-state index >= 15 is 0 Å². The summed E-state index contributed by atoms with van der Waals surface area (Å²) in [6, 6.07) is 2.96. The number of aliphatic hydroxyl groups excluding tert-OH is 1. The molecule has 0 radical (unpaired) electrons. The number of hydrogen-bond donors (Lipinski definition) is 1. The molecular weight excluding hydrogens is 236 g/mol. The SMILES string of the molecule is [O-][n+]1cccc(C(O)C(Cl)(Cl)Cl)c1. The number of aliphatic hydroxyl groups is 1. The number of rotatable bonds is 1. The quantitative estimate of drug-likeness (QED) is 0.463. The fraction of sp³-hybridized carbons (Fsp3) is 0.286. The van der Waals surface area contributed by atoms with Gasteiger partial charge < -0.3 is 10.3 Å². The normalized spacial score (nSPS) is 14.2. The van der Waals surface area contributed by atoms with Crippen LogP contribution in [0.3, 0.4) is 0 Å². The summed E-state index contributed by atoms with van der Waals surface area (Å²) >= 11 is 16.3. The van der Waals surface area contributed by atoms with Crippen molar-refractivity contribution in [3.63, 3.8) is 0 Å². The van der Waals surface area contributed by atoms with Gasteiger partial charge in [0, 0.05) is 6.07 Å². The largest absolute Gasteiger partial charge is 0.619 e. The zero-order chi connectivity index (χ0) is 10.1. The number of pyridine rings is 1. The van der Waals surface area contributed by atoms with E-state index < -0.39 is 9.90 Å². The Bertz CT molecular complexity index is 300. The first-order chi connectivity index (χ1) is 5.91. The molecule has 1 N–H and O–H groups in total. The van der Waals surface area contributed by atoms with E-state index in [-0.39, 0.29) is 5.56 Å². The minimum atomic E-state index is -1.83. The van der Waals surface area contributed by atoms with Crippen molar-refractivity contribution >= 4 is 34.8 Å². The molecule has 0 fully saturated rings. The zero-order valence-electron chi connectivity index (χ0n) is 6.32. The van der Waals surface area contributed by atoms with Gasteiger partial charge in [0.2, 0.25) is 3.79 Å². The van der Waals surface area contributed by atoms with E-state index in [1.165, 1.54) is 18.3 Å². The highest BCUT2D eigenvalue weighted by Gasteiger charge is 2.33. The van der Waals surface area contributed by atoms with Crippen molar-refractivity contribution in [2.45, 2.75) is 9.90 Å². The van der Waals surface area contributed by atoms with Gasteiger partial charge in [-0.2, -0.15) is 4.73 Å². The van der Waals surface area contributed by atoms with E-state index in [2.05, 4.69) is 0 Å². The van der Waals surface area contributed by atoms with Crippen molar-refractivity contribution < 1.29 is 9.84 Å². The number of halogens is 3. The fourth-order valence-electron chi connectivity index (χ4n) is 0.823. The molecular formula is C7H6Cl3NO2. The van der Waals surface area contributed by atoms with Crippen molar-refractivity contribution in [1.29, 1.82) is 0 Å². The highest BCUT2D eigenvalue weighted by atomic mass is 35.6. The van der Waals surface area contributed by atoms with E-state index in [0.717, 1.165) is 6.20 Å². The Balaban J connectivity index is 2.96. The van der Waals surface area contributed by atoms with E-state index in [1.54, 1.807) is 0 Å². The number of nitrogens with zero attached hydrogens (tertiary/aromatic N) is 1. The van der Waals surface area contributed by atoms with Crippen LogP contribution in [0.1, 0.15) is 11.7 Å². The maximum Gasteiger partial charge on any atom is 0.220 e. The molecule has 1 aromatic heterocycles. The lowest BCUT2D eigenvalue weighted by molar-refractivity contribution is -0.606. The third kappa shape index (κ3) is 2.88. The third-order valence-electron chi connectivity index (χ3n) is 1.42. The molecule has 1 rings (SSSR count). The Labute approximate surface area is 90.0 Å². The summed E-state index contributed by atoms with van der Waals surface area (Å²) in [5, 5.41) is 20.2. The highest BCUT2D eigenvalue weighted by molar-refractivity contribution is 6.67. The molecule has 6 heteroatoms. The fourth-order valence-corrected chi connectivity index (χ4v) is 1.20. The van der Waals surface area contributed by atoms with Crippen LogP contribution in [0.15, 0.2) is 24.5 Å². The number of aromatic nitrogens is 1. The molecule has 13 heavy (non-hydrogen) atoms. The van der Waals surface area contributed by atoms with Gasteiger partial charge in [-0.15, -0.1) is 0 Å². The summed E-state index contributed by atoms with van der Waals surface area (Å²) in [6.45, 7) is 0. The van der Waals surface area contributed by atoms with E-state index in [1.807, 2.05) is 0 Å². The van der Waals surface area contributed by atoms with Gasteiger partial charge in [-0.25, -0.2) is 0 Å². The van der Waals surface area contributed by atoms with Crippen LogP contribution in [0.4, 0.5) is 0 Å². The Kier molecular flexibility index (Phi) is 3.24. The lowest BCUT2D eigenvalue weighted by Crippen LogP contribution is -2.27. The van der Waals surface area contributed by atoms with Crippen molar-refractivity contribution in [1.82, 2.24) is 0 Å². The average Bonchev–Trinajstić information content (AvgIpc) is 2.01. The number of hydrogen-bond acceptors (Lipinski definition) is 2. The van der Waals surface area contributed by atoms with Gasteiger partial charge in [-0.1, -0.05) is 34.8 Å². The van der Waals surface area contributed by atoms with Crippen LogP contribution >= 0.6 is 34.8 Å². The molecule has 1 aromatic rings. The van der Waals surface area contributed by atoms with Crippen molar-refractivity contribution in [3.8, 4) is 0 Å². The highest BCUT2D eigenvalue weighted by Crippen LogP contribution is 2.38. The first-order valence-corrected chi connectivity index (χ1v) is 4.48. The molecule has 0 aliphatic heterocycles. The molecule has 0 spiro atoms. The summed E-state index contributed by atoms with van der Waals surface area (Å²) in [5.41, 5.74) is 0.262. The van der Waals surface area contributed by atoms with Crippen molar-refractivity contribution in [2.24, 2.45) is 0 Å². The van der Waals surface area contributed by atoms with Gasteiger partial charge in [-0.05, 0) is 6.07 Å². The monoisotopic (exact) mass is 241 g/mol. The summed E-state index contributed by atoms with van der Waals surface area (Å²) < 4.78 is -1.30. The van der Waals surface area contributed by atoms with Gasteiger partial charge in [0.25, 0.3) is 0 Å². The summed E-state index contributed by atoms with van der Waals surface area (Å²) in [4.78, 5) is 0. The van der Waals surface area contributed by atoms with Gasteiger partial charge in [-0.3, -0.25) is 0 Å². The van der Waals surface area contributed by atoms with Gasteiger partial charge in [0.1, 0.15) is 6.10 Å². The molecule has 0 aliphatic carbocycles. The van der Waals surface area contributed by atoms with Crippen LogP contribution in [-0.2, 0) is 0 Å². The Hall–Kier alpha value is -0.220. The third-order valence-corrected chi connectivity index (χ3v) is 2.04. The summed E-state index contributed by atoms with van der Waals surface area (Å²) in [7, 11) is 0. The molecule has 0 saturated carbocycles. The molecule has 0 bridgehead atoms. The topological polar surface area (TPSA) is 47.2 Å². The van der Waals surface area contributed by atoms with E-state index in [0.29, 0.717) is 4.73 Å². The first kappa shape index (κ1) is 10.9. The molecule has 0 amide bonds. The molecule has 1 heterocycles. The van der Waals surface area contributed by atoms with Gasteiger partial charge in [0.05, 0.1) is 5.56 Å². The Morgan fingerprint density at radius 3 is 2.54 bits per heavy atom. The maximum atomic E-state index is 10.8. The summed E-state index contributed by atoms with van der Waals surface area (Å²) in [6.07, 6.45) is 1.11. The van der Waals surface area contributed by atoms with E-state index in [9.17, 15) is 10.3 Å². The molecule has 72 valence electrons. The lowest BCUT2D eigenvalue weighted by atomic mass is 10.2. The summed E-state index contributed by atoms with van der Waals surface area (Å²) in [5.74, 6) is 0. The maximum absolute atomic E-state index is 10.8. The van der Waals surface area contributed by atoms with Crippen LogP contribution in [0.2, 0.25) is 0 Å². The molecule has 0 aromatic carbocycles. The second-order valence-corrected chi connectivity index (χ2v) is 4.81. The van der Waals surface area contributed by atoms with Crippen molar-refractivity contribution in [3.05, 3.63) is 35.3 Å². The number of alkyl halides is 3. The first-order valence-electron chi connectivity index (χ1n) is 3.35. The second-order valence-electron chi connectivity index (χ2n) is 2.44. The predicted molar refractivity (Wildman–Crippen MR) is 50.7 cm³/mol. The standard InChI is InChI=1S/C7H6Cl3NO2/c8-7(9,10)6(12)5-2-1-3-11(13)4-5/h1-4,6,12H. The molecule has 3 nitrogen and oxygen atoms in total. The van der Waals surface area contributed by atoms with E-state index in [4.69, 9.17) is 34.8 Å². The minimum Gasteiger partial charge on any atom is -0.619 e. The molecule has 1 unspecified atom stereocenters. The second kappa shape index (κ2) is 3.88. The molecule has 0 saturated heterocycles. The van der Waals surface area contributed by atoms with Crippen LogP contribution in [0, 0.1) is 5.21 Å². The molecule has 1 atom stereocenters. The van der Waals surface area contributed by atoms with Crippen LogP contribution in [0.5, 0.6) is 0 Å². The van der Waals surface area contributed by atoms with Gasteiger partial charge >= 0.3 is 0 Å².